The predicted molar refractivity (Wildman–Crippen MR) is 13.2 cm³/mol. The van der Waals surface area contributed by atoms with Crippen molar-refractivity contribution in [3.8, 4) is 12.4 Å². The molecular formula is C2H2ClN3. The summed E-state index contributed by atoms with van der Waals surface area (Å²) in [5.74, 6) is 0. The first kappa shape index (κ1) is 8.97. The van der Waals surface area contributed by atoms with Gasteiger partial charge in [-0.15, -0.1) is 15.8 Å². The fraction of sp³-hybridized carbons (Fsp3) is 0. The Morgan fingerprint density at radius 3 is 1.50 bits per heavy atom. The van der Waals surface area contributed by atoms with Crippen molar-refractivity contribution in [1.82, 2.24) is 0 Å². The molecule has 0 radical (unpaired) electrons. The Balaban J connectivity index is 0. The summed E-state index contributed by atoms with van der Waals surface area (Å²) < 4.78 is 0. The molecule has 0 saturated carbocycles. The van der Waals surface area contributed by atoms with Crippen molar-refractivity contribution in [1.29, 1.82) is 10.5 Å². The van der Waals surface area contributed by atoms with Gasteiger partial charge in [-0.05, 0) is 0 Å². The molecule has 32 valence electrons. The predicted octanol–water partition coefficient (Wildman–Crippen LogP) is -4.48. The zero-order valence-corrected chi connectivity index (χ0v) is 3.61. The van der Waals surface area contributed by atoms with Gasteiger partial charge in [-0.3, -0.25) is 0 Å². The van der Waals surface area contributed by atoms with E-state index in [0.717, 1.165) is 5.32 Å². The standard InChI is InChI=1S/C2HN3.ClH/c3-1-5-2-4;/h5H;1H. The third-order valence-electron chi connectivity index (χ3n) is 0.129. The van der Waals surface area contributed by atoms with Crippen molar-refractivity contribution in [2.45, 2.75) is 0 Å². The second-order valence-corrected chi connectivity index (χ2v) is 0.403. The van der Waals surface area contributed by atoms with E-state index in [9.17, 15) is 0 Å². The summed E-state index contributed by atoms with van der Waals surface area (Å²) in [6, 6.07) is 0. The molecular weight excluding hydrogens is 101 g/mol. The molecule has 0 aliphatic rings. The van der Waals surface area contributed by atoms with Gasteiger partial charge < -0.3 is 12.4 Å². The van der Waals surface area contributed by atoms with Crippen LogP contribution in [0.25, 0.3) is 0 Å². The first-order valence-corrected chi connectivity index (χ1v) is 1.02. The minimum absolute atomic E-state index is 0. The fourth-order valence-corrected chi connectivity index (χ4v) is 0.0289. The quantitative estimate of drug-likeness (QED) is 0.314. The van der Waals surface area contributed by atoms with Gasteiger partial charge in [0.05, 0.1) is 0 Å². The molecule has 0 aromatic carbocycles. The molecule has 0 bridgehead atoms. The highest BCUT2D eigenvalue weighted by Crippen LogP contribution is 1.01. The molecule has 3 nitrogen and oxygen atoms in total. The minimum atomic E-state index is 0. The summed E-state index contributed by atoms with van der Waals surface area (Å²) in [5.41, 5.74) is 0. The van der Waals surface area contributed by atoms with E-state index in [-0.39, 0.29) is 12.4 Å². The Hall–Kier alpha value is -0.770. The van der Waals surface area contributed by atoms with Crippen molar-refractivity contribution in [2.24, 2.45) is 0 Å². The van der Waals surface area contributed by atoms with Crippen LogP contribution >= 0.6 is 0 Å². The van der Waals surface area contributed by atoms with Gasteiger partial charge in [0.2, 0.25) is 0 Å². The molecule has 0 spiro atoms. The lowest BCUT2D eigenvalue weighted by molar-refractivity contribution is -0.475. The number of halogens is 1. The van der Waals surface area contributed by atoms with Gasteiger partial charge in [0.25, 0.3) is 0 Å². The van der Waals surface area contributed by atoms with Crippen molar-refractivity contribution in [3.63, 3.8) is 0 Å². The van der Waals surface area contributed by atoms with Gasteiger partial charge >= 0.3 is 12.4 Å². The van der Waals surface area contributed by atoms with Gasteiger partial charge in [0.15, 0.2) is 0 Å². The van der Waals surface area contributed by atoms with E-state index >= 15 is 0 Å². The lowest BCUT2D eigenvalue weighted by Gasteiger charge is -1.46. The zero-order chi connectivity index (χ0) is 4.12. The SMILES string of the molecule is N#C[NH2+]C#N.[Cl-]. The van der Waals surface area contributed by atoms with Crippen LogP contribution < -0.4 is 17.7 Å². The van der Waals surface area contributed by atoms with Gasteiger partial charge in [-0.2, -0.15) is 0 Å². The zero-order valence-electron chi connectivity index (χ0n) is 2.85. The number of nitrogens with zero attached hydrogens (tertiary/aromatic N) is 2. The van der Waals surface area contributed by atoms with Gasteiger partial charge in [-0.25, -0.2) is 0 Å². The maximum Gasteiger partial charge on any atom is 0.321 e. The average Bonchev–Trinajstić information content (AvgIpc) is 1.41. The molecule has 0 amide bonds. The van der Waals surface area contributed by atoms with Crippen LogP contribution in [0.5, 0.6) is 0 Å². The van der Waals surface area contributed by atoms with Gasteiger partial charge in [-0.1, -0.05) is 0 Å². The molecule has 0 heterocycles. The summed E-state index contributed by atoms with van der Waals surface area (Å²) in [7, 11) is 0. The summed E-state index contributed by atoms with van der Waals surface area (Å²) in [6.07, 6.45) is 3.06. The fourth-order valence-electron chi connectivity index (χ4n) is 0.0289. The molecule has 0 saturated heterocycles. The number of hydrogen-bond donors (Lipinski definition) is 1. The molecule has 0 rings (SSSR count). The van der Waals surface area contributed by atoms with Crippen LogP contribution in [0.2, 0.25) is 0 Å². The molecule has 0 atom stereocenters. The molecule has 2 N–H and O–H groups in total. The lowest BCUT2D eigenvalue weighted by atomic mass is 11.2. The monoisotopic (exact) mass is 103 g/mol. The van der Waals surface area contributed by atoms with Crippen molar-refractivity contribution in [3.05, 3.63) is 0 Å². The van der Waals surface area contributed by atoms with E-state index in [1.54, 1.807) is 0 Å². The Bertz CT molecular complexity index is 73.9. The lowest BCUT2D eigenvalue weighted by Crippen LogP contribution is -3.00. The average molecular weight is 104 g/mol. The first-order chi connectivity index (χ1) is 2.41. The second-order valence-electron chi connectivity index (χ2n) is 0.403. The third-order valence-corrected chi connectivity index (χ3v) is 0.129. The van der Waals surface area contributed by atoms with E-state index < -0.39 is 0 Å². The second kappa shape index (κ2) is 8.87. The van der Waals surface area contributed by atoms with Crippen molar-refractivity contribution < 1.29 is 17.7 Å². The summed E-state index contributed by atoms with van der Waals surface area (Å²) in [5, 5.41) is 15.9. The Morgan fingerprint density at radius 2 is 1.50 bits per heavy atom. The number of nitriles is 2. The molecule has 6 heavy (non-hydrogen) atoms. The summed E-state index contributed by atoms with van der Waals surface area (Å²) in [6.45, 7) is 0. The summed E-state index contributed by atoms with van der Waals surface area (Å²) >= 11 is 0. The highest BCUT2D eigenvalue weighted by molar-refractivity contribution is 4.46. The first-order valence-electron chi connectivity index (χ1n) is 1.02. The van der Waals surface area contributed by atoms with Crippen LogP contribution in [0.4, 0.5) is 0 Å². The normalized spacial score (nSPS) is 3.67. The molecule has 0 unspecified atom stereocenters. The molecule has 0 aromatic rings. The highest BCUT2D eigenvalue weighted by atomic mass is 35.5. The Kier molecular flexibility index (Phi) is 13.3. The van der Waals surface area contributed by atoms with Crippen LogP contribution in [0.15, 0.2) is 0 Å². The third kappa shape index (κ3) is 10.6. The van der Waals surface area contributed by atoms with Crippen LogP contribution in [-0.4, -0.2) is 0 Å². The molecule has 0 fully saturated rings. The number of rotatable bonds is 0. The maximum atomic E-state index is 7.54. The van der Waals surface area contributed by atoms with Crippen molar-refractivity contribution >= 4 is 0 Å². The van der Waals surface area contributed by atoms with Gasteiger partial charge in [0, 0.05) is 0 Å². The molecule has 4 heteroatoms. The smallest absolute Gasteiger partial charge is 0.321 e. The van der Waals surface area contributed by atoms with E-state index in [4.69, 9.17) is 10.5 Å². The van der Waals surface area contributed by atoms with E-state index in [1.807, 2.05) is 0 Å². The summed E-state index contributed by atoms with van der Waals surface area (Å²) in [4.78, 5) is 0. The van der Waals surface area contributed by atoms with Crippen LogP contribution in [0.1, 0.15) is 0 Å². The Labute approximate surface area is 41.6 Å². The largest absolute Gasteiger partial charge is 1.00 e. The van der Waals surface area contributed by atoms with E-state index in [2.05, 4.69) is 0 Å². The highest BCUT2D eigenvalue weighted by Gasteiger charge is 1.63. The van der Waals surface area contributed by atoms with E-state index in [0.29, 0.717) is 0 Å². The molecule has 0 aliphatic heterocycles. The van der Waals surface area contributed by atoms with Crippen LogP contribution in [0, 0.1) is 22.9 Å². The number of hydrogen-bond acceptors (Lipinski definition) is 2. The van der Waals surface area contributed by atoms with Crippen LogP contribution in [0.3, 0.4) is 0 Å². The van der Waals surface area contributed by atoms with Gasteiger partial charge in [0.1, 0.15) is 0 Å². The number of nitrogens with two attached hydrogens (primary N) is 1. The van der Waals surface area contributed by atoms with E-state index in [1.165, 1.54) is 12.4 Å². The van der Waals surface area contributed by atoms with Crippen LogP contribution in [-0.2, 0) is 0 Å². The number of quaternary nitrogens is 1. The molecule has 0 aliphatic carbocycles. The minimum Gasteiger partial charge on any atom is -1.00 e. The molecule has 0 aromatic heterocycles. The maximum absolute atomic E-state index is 7.54. The topological polar surface area (TPSA) is 64.2 Å². The van der Waals surface area contributed by atoms with Crippen molar-refractivity contribution in [2.75, 3.05) is 0 Å². The Morgan fingerprint density at radius 1 is 1.17 bits per heavy atom.